The van der Waals surface area contributed by atoms with Gasteiger partial charge in [0, 0.05) is 19.1 Å². The third-order valence-corrected chi connectivity index (χ3v) is 4.84. The highest BCUT2D eigenvalue weighted by atomic mass is 16.4. The van der Waals surface area contributed by atoms with Crippen LogP contribution in [0.2, 0.25) is 0 Å². The monoisotopic (exact) mass is 282 g/mol. The summed E-state index contributed by atoms with van der Waals surface area (Å²) in [4.78, 5) is 25.1. The molecule has 3 atom stereocenters. The quantitative estimate of drug-likeness (QED) is 0.769. The molecule has 0 radical (unpaired) electrons. The standard InChI is InChI=1S/C15H26N2O3/c1-2-11-4-3-5-12(7-6-11)17-9-8-16-15(20)13(17)10-14(18)19/h11-13H,2-10H2,1H3,(H,16,20)(H,18,19). The molecular weight excluding hydrogens is 256 g/mol. The minimum atomic E-state index is -0.892. The predicted octanol–water partition coefficient (Wildman–Crippen LogP) is 1.62. The van der Waals surface area contributed by atoms with Gasteiger partial charge in [-0.1, -0.05) is 26.2 Å². The van der Waals surface area contributed by atoms with E-state index in [1.165, 1.54) is 25.7 Å². The maximum absolute atomic E-state index is 12.0. The molecule has 0 bridgehead atoms. The average molecular weight is 282 g/mol. The van der Waals surface area contributed by atoms with Crippen LogP contribution >= 0.6 is 0 Å². The fraction of sp³-hybridized carbons (Fsp3) is 0.867. The molecule has 1 heterocycles. The Labute approximate surface area is 120 Å². The predicted molar refractivity (Wildman–Crippen MR) is 76.4 cm³/mol. The van der Waals surface area contributed by atoms with Crippen molar-refractivity contribution in [3.05, 3.63) is 0 Å². The molecular formula is C15H26N2O3. The van der Waals surface area contributed by atoms with Gasteiger partial charge in [0.25, 0.3) is 0 Å². The van der Waals surface area contributed by atoms with E-state index in [2.05, 4.69) is 17.1 Å². The lowest BCUT2D eigenvalue weighted by Gasteiger charge is -2.39. The van der Waals surface area contributed by atoms with Crippen LogP contribution in [0, 0.1) is 5.92 Å². The number of carboxylic acid groups (broad SMARTS) is 1. The molecule has 0 aromatic carbocycles. The summed E-state index contributed by atoms with van der Waals surface area (Å²) in [6, 6.07) is -0.105. The summed E-state index contributed by atoms with van der Waals surface area (Å²) in [7, 11) is 0. The van der Waals surface area contributed by atoms with Gasteiger partial charge in [0.05, 0.1) is 12.5 Å². The number of carboxylic acids is 1. The third-order valence-electron chi connectivity index (χ3n) is 4.84. The maximum Gasteiger partial charge on any atom is 0.305 e. The number of hydrogen-bond acceptors (Lipinski definition) is 3. The topological polar surface area (TPSA) is 69.6 Å². The summed E-state index contributed by atoms with van der Waals surface area (Å²) < 4.78 is 0. The number of aliphatic carboxylic acids is 1. The molecule has 114 valence electrons. The first-order valence-electron chi connectivity index (χ1n) is 7.87. The number of carbonyl (C=O) groups excluding carboxylic acids is 1. The molecule has 5 heteroatoms. The molecule has 2 rings (SSSR count). The average Bonchev–Trinajstić information content (AvgIpc) is 2.66. The van der Waals surface area contributed by atoms with E-state index in [1.54, 1.807) is 0 Å². The van der Waals surface area contributed by atoms with Gasteiger partial charge in [-0.2, -0.15) is 0 Å². The Hall–Kier alpha value is -1.10. The number of rotatable bonds is 4. The van der Waals surface area contributed by atoms with E-state index in [9.17, 15) is 9.59 Å². The molecule has 5 nitrogen and oxygen atoms in total. The van der Waals surface area contributed by atoms with E-state index >= 15 is 0 Å². The molecule has 0 spiro atoms. The van der Waals surface area contributed by atoms with Crippen molar-refractivity contribution in [1.82, 2.24) is 10.2 Å². The fourth-order valence-electron chi connectivity index (χ4n) is 3.64. The molecule has 0 aromatic rings. The lowest BCUT2D eigenvalue weighted by atomic mass is 9.97. The van der Waals surface area contributed by atoms with Gasteiger partial charge in [-0.3, -0.25) is 14.5 Å². The Kier molecular flexibility index (Phi) is 5.40. The van der Waals surface area contributed by atoms with Crippen molar-refractivity contribution < 1.29 is 14.7 Å². The van der Waals surface area contributed by atoms with Crippen LogP contribution in [-0.2, 0) is 9.59 Å². The SMILES string of the molecule is CCC1CCCC(N2CCNC(=O)C2CC(=O)O)CC1. The number of amides is 1. The lowest BCUT2D eigenvalue weighted by Crippen LogP contribution is -2.59. The van der Waals surface area contributed by atoms with E-state index in [1.807, 2.05) is 0 Å². The van der Waals surface area contributed by atoms with E-state index in [0.717, 1.165) is 25.3 Å². The second-order valence-electron chi connectivity index (χ2n) is 6.08. The molecule has 2 N–H and O–H groups in total. The first-order valence-corrected chi connectivity index (χ1v) is 7.87. The summed E-state index contributed by atoms with van der Waals surface area (Å²) in [6.45, 7) is 3.67. The minimum absolute atomic E-state index is 0.0838. The molecule has 1 aliphatic carbocycles. The van der Waals surface area contributed by atoms with Gasteiger partial charge in [-0.15, -0.1) is 0 Å². The smallest absolute Gasteiger partial charge is 0.305 e. The number of hydrogen-bond donors (Lipinski definition) is 2. The van der Waals surface area contributed by atoms with Gasteiger partial charge in [0.2, 0.25) is 5.91 Å². The largest absolute Gasteiger partial charge is 0.481 e. The number of piperazine rings is 1. The van der Waals surface area contributed by atoms with Crippen LogP contribution in [0.15, 0.2) is 0 Å². The summed E-state index contributed by atoms with van der Waals surface area (Å²) in [5.41, 5.74) is 0. The van der Waals surface area contributed by atoms with Crippen LogP contribution in [0.25, 0.3) is 0 Å². The molecule has 0 aromatic heterocycles. The van der Waals surface area contributed by atoms with E-state index < -0.39 is 12.0 Å². The molecule has 1 aliphatic heterocycles. The first-order chi connectivity index (χ1) is 9.61. The van der Waals surface area contributed by atoms with E-state index in [4.69, 9.17) is 5.11 Å². The van der Waals surface area contributed by atoms with Crippen molar-refractivity contribution in [1.29, 1.82) is 0 Å². The molecule has 2 aliphatic rings. The van der Waals surface area contributed by atoms with Crippen LogP contribution in [0.5, 0.6) is 0 Å². The van der Waals surface area contributed by atoms with Gasteiger partial charge in [-0.25, -0.2) is 0 Å². The molecule has 2 fully saturated rings. The zero-order valence-corrected chi connectivity index (χ0v) is 12.3. The van der Waals surface area contributed by atoms with Gasteiger partial charge < -0.3 is 10.4 Å². The van der Waals surface area contributed by atoms with Crippen LogP contribution in [0.1, 0.15) is 51.9 Å². The Balaban J connectivity index is 2.03. The van der Waals surface area contributed by atoms with Gasteiger partial charge >= 0.3 is 5.97 Å². The molecule has 20 heavy (non-hydrogen) atoms. The van der Waals surface area contributed by atoms with Crippen molar-refractivity contribution >= 4 is 11.9 Å². The molecule has 1 saturated heterocycles. The minimum Gasteiger partial charge on any atom is -0.481 e. The Bertz CT molecular complexity index is 359. The highest BCUT2D eigenvalue weighted by molar-refractivity contribution is 5.86. The third kappa shape index (κ3) is 3.72. The zero-order chi connectivity index (χ0) is 14.5. The summed E-state index contributed by atoms with van der Waals surface area (Å²) in [5.74, 6) is -0.205. The van der Waals surface area contributed by atoms with Crippen LogP contribution in [0.3, 0.4) is 0 Å². The molecule has 3 unspecified atom stereocenters. The normalized spacial score (nSPS) is 32.5. The van der Waals surface area contributed by atoms with Crippen LogP contribution < -0.4 is 5.32 Å². The second kappa shape index (κ2) is 7.07. The van der Waals surface area contributed by atoms with Crippen molar-refractivity contribution in [2.24, 2.45) is 5.92 Å². The van der Waals surface area contributed by atoms with Crippen LogP contribution in [0.4, 0.5) is 0 Å². The summed E-state index contributed by atoms with van der Waals surface area (Å²) in [5, 5.41) is 11.8. The van der Waals surface area contributed by atoms with Crippen molar-refractivity contribution in [3.63, 3.8) is 0 Å². The summed E-state index contributed by atoms with van der Waals surface area (Å²) in [6.07, 6.45) is 7.02. The van der Waals surface area contributed by atoms with Gasteiger partial charge in [0.15, 0.2) is 0 Å². The molecule has 1 saturated carbocycles. The lowest BCUT2D eigenvalue weighted by molar-refractivity contribution is -0.144. The number of nitrogens with zero attached hydrogens (tertiary/aromatic N) is 1. The summed E-state index contributed by atoms with van der Waals surface area (Å²) >= 11 is 0. The maximum atomic E-state index is 12.0. The number of nitrogens with one attached hydrogen (secondary N) is 1. The highest BCUT2D eigenvalue weighted by Gasteiger charge is 2.36. The van der Waals surface area contributed by atoms with E-state index in [0.29, 0.717) is 12.6 Å². The Morgan fingerprint density at radius 1 is 1.35 bits per heavy atom. The molecule has 1 amide bonds. The Morgan fingerprint density at radius 3 is 2.85 bits per heavy atom. The van der Waals surface area contributed by atoms with E-state index in [-0.39, 0.29) is 12.3 Å². The van der Waals surface area contributed by atoms with Gasteiger partial charge in [0.1, 0.15) is 0 Å². The number of carbonyl (C=O) groups is 2. The van der Waals surface area contributed by atoms with Crippen molar-refractivity contribution in [2.45, 2.75) is 64.0 Å². The first kappa shape index (κ1) is 15.3. The van der Waals surface area contributed by atoms with Crippen molar-refractivity contribution in [3.8, 4) is 0 Å². The van der Waals surface area contributed by atoms with Crippen molar-refractivity contribution in [2.75, 3.05) is 13.1 Å². The highest BCUT2D eigenvalue weighted by Crippen LogP contribution is 2.30. The zero-order valence-electron chi connectivity index (χ0n) is 12.3. The van der Waals surface area contributed by atoms with Gasteiger partial charge in [-0.05, 0) is 25.2 Å². The second-order valence-corrected chi connectivity index (χ2v) is 6.08. The fourth-order valence-corrected chi connectivity index (χ4v) is 3.64. The Morgan fingerprint density at radius 2 is 2.15 bits per heavy atom. The van der Waals surface area contributed by atoms with Crippen LogP contribution in [-0.4, -0.2) is 47.1 Å².